The molecule has 1 atom stereocenters. The van der Waals surface area contributed by atoms with Crippen molar-refractivity contribution in [3.05, 3.63) is 71.8 Å². The predicted octanol–water partition coefficient (Wildman–Crippen LogP) is 4.57. The Kier molecular flexibility index (Phi) is 13.1. The van der Waals surface area contributed by atoms with Crippen LogP contribution < -0.4 is 0 Å². The maximum absolute atomic E-state index is 11.6. The van der Waals surface area contributed by atoms with Gasteiger partial charge in [-0.1, -0.05) is 60.7 Å². The molecule has 0 aliphatic rings. The second-order valence-corrected chi connectivity index (χ2v) is 15.0. The van der Waals surface area contributed by atoms with Gasteiger partial charge in [0.25, 0.3) is 0 Å². The number of carbonyl (C=O) groups excluding carboxylic acids is 2. The Morgan fingerprint density at radius 3 is 1.63 bits per heavy atom. The standard InChI is InChI=1S/C18H18O5.2C3H7.Sn/c19-16(18(21)23-13-15-9-5-2-6-10-15)11-17(20)22-12-14-7-3-1-4-8-14;2*1-3-2;/h1-10,16,19H,11-13H2;2*3H,1-2H3;. The van der Waals surface area contributed by atoms with Crippen molar-refractivity contribution in [1.82, 2.24) is 0 Å². The topological polar surface area (TPSA) is 72.8 Å². The molecular weight excluding hydrogens is 487 g/mol. The van der Waals surface area contributed by atoms with Gasteiger partial charge in [-0.05, 0) is 11.1 Å². The number of hydrogen-bond acceptors (Lipinski definition) is 5. The number of esters is 2. The van der Waals surface area contributed by atoms with Gasteiger partial charge < -0.3 is 14.6 Å². The van der Waals surface area contributed by atoms with Crippen molar-refractivity contribution < 1.29 is 24.2 Å². The molecule has 2 radical (unpaired) electrons. The van der Waals surface area contributed by atoms with Gasteiger partial charge in [0.05, 0.1) is 6.42 Å². The van der Waals surface area contributed by atoms with Crippen LogP contribution in [-0.2, 0) is 32.3 Å². The van der Waals surface area contributed by atoms with Crippen LogP contribution in [0.25, 0.3) is 0 Å². The van der Waals surface area contributed by atoms with Gasteiger partial charge in [-0.2, -0.15) is 0 Å². The summed E-state index contributed by atoms with van der Waals surface area (Å²) < 4.78 is 12.1. The maximum Gasteiger partial charge on any atom is 0.335 e. The number of hydrogen-bond donors (Lipinski definition) is 1. The number of aliphatic hydroxyl groups is 1. The third kappa shape index (κ3) is 12.6. The van der Waals surface area contributed by atoms with Crippen molar-refractivity contribution >= 4 is 33.1 Å². The van der Waals surface area contributed by atoms with E-state index in [1.165, 1.54) is 0 Å². The van der Waals surface area contributed by atoms with Crippen LogP contribution in [0, 0.1) is 0 Å². The van der Waals surface area contributed by atoms with Gasteiger partial charge in [0.1, 0.15) is 13.2 Å². The van der Waals surface area contributed by atoms with Crippen molar-refractivity contribution in [3.63, 3.8) is 0 Å². The zero-order valence-corrected chi connectivity index (χ0v) is 21.1. The third-order valence-corrected chi connectivity index (χ3v) is 7.57. The summed E-state index contributed by atoms with van der Waals surface area (Å²) in [7, 11) is 0. The minimum atomic E-state index is -1.53. The fourth-order valence-electron chi connectivity index (χ4n) is 2.53. The molecule has 0 heterocycles. The van der Waals surface area contributed by atoms with Gasteiger partial charge in [-0.25, -0.2) is 4.79 Å². The molecule has 5 nitrogen and oxygen atoms in total. The zero-order chi connectivity index (χ0) is 22.4. The van der Waals surface area contributed by atoms with Crippen molar-refractivity contribution in [2.24, 2.45) is 0 Å². The van der Waals surface area contributed by atoms with Gasteiger partial charge in [-0.15, -0.1) is 0 Å². The molecule has 30 heavy (non-hydrogen) atoms. The van der Waals surface area contributed by atoms with Gasteiger partial charge >= 0.3 is 68.6 Å². The molecule has 0 aliphatic carbocycles. The minimum absolute atomic E-state index is 0.0389. The van der Waals surface area contributed by atoms with E-state index in [0.29, 0.717) is 0 Å². The van der Waals surface area contributed by atoms with E-state index in [4.69, 9.17) is 9.47 Å². The fraction of sp³-hybridized carbons (Fsp3) is 0.417. The summed E-state index contributed by atoms with van der Waals surface area (Å²) in [6.45, 7) is 9.51. The van der Waals surface area contributed by atoms with E-state index in [2.05, 4.69) is 27.7 Å². The van der Waals surface area contributed by atoms with Crippen LogP contribution in [0.15, 0.2) is 60.7 Å². The number of benzene rings is 2. The average Bonchev–Trinajstić information content (AvgIpc) is 2.71. The molecule has 2 aromatic rings. The first-order chi connectivity index (χ1) is 14.3. The molecule has 1 N–H and O–H groups in total. The largest absolute Gasteiger partial charge is 0.461 e. The van der Waals surface area contributed by atoms with E-state index in [1.54, 1.807) is 12.1 Å². The van der Waals surface area contributed by atoms with E-state index in [0.717, 1.165) is 19.0 Å². The molecule has 1 unspecified atom stereocenters. The number of aliphatic hydroxyl groups excluding tert-OH is 1. The summed E-state index contributed by atoms with van der Waals surface area (Å²) in [4.78, 5) is 23.3. The molecule has 0 bridgehead atoms. The second kappa shape index (κ2) is 15.0. The van der Waals surface area contributed by atoms with Crippen LogP contribution in [-0.4, -0.2) is 44.3 Å². The van der Waals surface area contributed by atoms with E-state index >= 15 is 0 Å². The minimum Gasteiger partial charge on any atom is -0.461 e. The number of carbonyl (C=O) groups is 2. The summed E-state index contributed by atoms with van der Waals surface area (Å²) in [5.41, 5.74) is 1.64. The SMILES string of the molecule is C[CH](C)[Sn][CH](C)C.O=C(CC(O)C(=O)OCc1ccccc1)OCc1ccccc1. The quantitative estimate of drug-likeness (QED) is 0.389. The number of ether oxygens (including phenoxy) is 2. The molecule has 0 aliphatic heterocycles. The molecule has 6 heteroatoms. The molecule has 0 aromatic heterocycles. The molecule has 2 rings (SSSR count). The zero-order valence-electron chi connectivity index (χ0n) is 18.2. The Labute approximate surface area is 190 Å². The Morgan fingerprint density at radius 1 is 0.800 bits per heavy atom. The monoisotopic (exact) mass is 520 g/mol. The van der Waals surface area contributed by atoms with Crippen molar-refractivity contribution in [2.45, 2.75) is 61.3 Å². The van der Waals surface area contributed by atoms with E-state index in [9.17, 15) is 14.7 Å². The van der Waals surface area contributed by atoms with Gasteiger partial charge in [0, 0.05) is 0 Å². The van der Waals surface area contributed by atoms with Crippen molar-refractivity contribution in [1.29, 1.82) is 0 Å². The molecule has 162 valence electrons. The summed E-state index contributed by atoms with van der Waals surface area (Å²) >= 11 is 0.0389. The molecule has 0 amide bonds. The van der Waals surface area contributed by atoms with Crippen LogP contribution in [0.3, 0.4) is 0 Å². The van der Waals surface area contributed by atoms with Crippen LogP contribution >= 0.6 is 0 Å². The van der Waals surface area contributed by atoms with E-state index in [1.807, 2.05) is 48.5 Å². The predicted molar refractivity (Wildman–Crippen MR) is 119 cm³/mol. The van der Waals surface area contributed by atoms with Gasteiger partial charge in [0.2, 0.25) is 0 Å². The Hall–Kier alpha value is -1.86. The third-order valence-electron chi connectivity index (χ3n) is 3.77. The van der Waals surface area contributed by atoms with Crippen LogP contribution in [0.4, 0.5) is 0 Å². The smallest absolute Gasteiger partial charge is 0.335 e. The van der Waals surface area contributed by atoms with E-state index in [-0.39, 0.29) is 34.4 Å². The summed E-state index contributed by atoms with van der Waals surface area (Å²) in [6, 6.07) is 18.2. The summed E-state index contributed by atoms with van der Waals surface area (Å²) in [5, 5.41) is 9.69. The Bertz CT molecular complexity index is 726. The molecule has 2 aromatic carbocycles. The van der Waals surface area contributed by atoms with Gasteiger partial charge in [-0.3, -0.25) is 4.79 Å². The van der Waals surface area contributed by atoms with Crippen LogP contribution in [0.1, 0.15) is 45.2 Å². The Morgan fingerprint density at radius 2 is 1.23 bits per heavy atom. The molecule has 0 spiro atoms. The first kappa shape index (κ1) is 26.2. The van der Waals surface area contributed by atoms with Crippen LogP contribution in [0.2, 0.25) is 7.87 Å². The van der Waals surface area contributed by atoms with E-state index < -0.39 is 24.5 Å². The van der Waals surface area contributed by atoms with Gasteiger partial charge in [0.15, 0.2) is 6.10 Å². The van der Waals surface area contributed by atoms with Crippen molar-refractivity contribution in [2.75, 3.05) is 0 Å². The fourth-order valence-corrected chi connectivity index (χ4v) is 6.34. The molecule has 0 saturated carbocycles. The normalized spacial score (nSPS) is 11.4. The first-order valence-electron chi connectivity index (χ1n) is 10.1. The second-order valence-electron chi connectivity index (χ2n) is 7.44. The molecular formula is C24H32O5Sn. The van der Waals surface area contributed by atoms with Crippen LogP contribution in [0.5, 0.6) is 0 Å². The molecule has 0 fully saturated rings. The summed E-state index contributed by atoms with van der Waals surface area (Å²) in [6.07, 6.45) is -1.96. The maximum atomic E-state index is 11.6. The number of rotatable bonds is 9. The first-order valence-corrected chi connectivity index (χ1v) is 13.4. The average molecular weight is 519 g/mol. The molecule has 0 saturated heterocycles. The summed E-state index contributed by atoms with van der Waals surface area (Å²) in [5.74, 6) is -1.50. The Balaban J connectivity index is 0.000000553. The van der Waals surface area contributed by atoms with Crippen molar-refractivity contribution in [3.8, 4) is 0 Å².